The van der Waals surface area contributed by atoms with Gasteiger partial charge in [-0.25, -0.2) is 0 Å². The lowest BCUT2D eigenvalue weighted by atomic mass is 9.84. The molecule has 4 heteroatoms. The van der Waals surface area contributed by atoms with E-state index in [1.165, 1.54) is 0 Å². The van der Waals surface area contributed by atoms with Gasteiger partial charge < -0.3 is 9.84 Å². The highest BCUT2D eigenvalue weighted by atomic mass is 16.5. The lowest BCUT2D eigenvalue weighted by Gasteiger charge is -2.33. The minimum absolute atomic E-state index is 0.146. The lowest BCUT2D eigenvalue weighted by molar-refractivity contribution is -0.0914. The van der Waals surface area contributed by atoms with Crippen LogP contribution in [0.2, 0.25) is 0 Å². The molecule has 0 amide bonds. The SMILES string of the molecule is CCOC(C(O)c1cnccn1)C(C)(C)C. The van der Waals surface area contributed by atoms with Crippen LogP contribution in [0.15, 0.2) is 18.6 Å². The molecule has 1 heterocycles. The van der Waals surface area contributed by atoms with Gasteiger partial charge in [0.25, 0.3) is 0 Å². The average Bonchev–Trinajstić information content (AvgIpc) is 2.25. The summed E-state index contributed by atoms with van der Waals surface area (Å²) in [5.74, 6) is 0. The lowest BCUT2D eigenvalue weighted by Crippen LogP contribution is -2.35. The molecule has 90 valence electrons. The van der Waals surface area contributed by atoms with Gasteiger partial charge >= 0.3 is 0 Å². The molecule has 0 bridgehead atoms. The Hall–Kier alpha value is -1.00. The molecular weight excluding hydrogens is 204 g/mol. The summed E-state index contributed by atoms with van der Waals surface area (Å²) in [5, 5.41) is 10.2. The molecule has 16 heavy (non-hydrogen) atoms. The fourth-order valence-electron chi connectivity index (χ4n) is 1.61. The van der Waals surface area contributed by atoms with Gasteiger partial charge in [0.2, 0.25) is 0 Å². The molecule has 0 aliphatic carbocycles. The number of aliphatic hydroxyl groups is 1. The first kappa shape index (κ1) is 13.1. The van der Waals surface area contributed by atoms with Crippen LogP contribution >= 0.6 is 0 Å². The van der Waals surface area contributed by atoms with Crippen molar-refractivity contribution in [2.75, 3.05) is 6.61 Å². The van der Waals surface area contributed by atoms with E-state index in [1.807, 2.05) is 27.7 Å². The van der Waals surface area contributed by atoms with Crippen LogP contribution in [-0.4, -0.2) is 27.8 Å². The van der Waals surface area contributed by atoms with Crippen molar-refractivity contribution in [1.82, 2.24) is 9.97 Å². The molecule has 1 N–H and O–H groups in total. The van der Waals surface area contributed by atoms with Gasteiger partial charge in [0.1, 0.15) is 6.10 Å². The number of ether oxygens (including phenoxy) is 1. The molecule has 0 saturated carbocycles. The summed E-state index contributed by atoms with van der Waals surface area (Å²) in [6.45, 7) is 8.59. The zero-order valence-corrected chi connectivity index (χ0v) is 10.3. The Morgan fingerprint density at radius 2 is 2.06 bits per heavy atom. The van der Waals surface area contributed by atoms with Gasteiger partial charge in [-0.05, 0) is 12.3 Å². The molecule has 0 aliphatic heterocycles. The largest absolute Gasteiger partial charge is 0.384 e. The van der Waals surface area contributed by atoms with E-state index in [0.717, 1.165) is 0 Å². The highest BCUT2D eigenvalue weighted by Crippen LogP contribution is 2.31. The predicted molar refractivity (Wildman–Crippen MR) is 61.9 cm³/mol. The van der Waals surface area contributed by atoms with Crippen LogP contribution in [-0.2, 0) is 4.74 Å². The fourth-order valence-corrected chi connectivity index (χ4v) is 1.61. The Bertz CT molecular complexity index is 309. The van der Waals surface area contributed by atoms with Gasteiger partial charge in [0.15, 0.2) is 0 Å². The highest BCUT2D eigenvalue weighted by Gasteiger charge is 2.33. The Morgan fingerprint density at radius 3 is 2.50 bits per heavy atom. The van der Waals surface area contributed by atoms with E-state index in [9.17, 15) is 5.11 Å². The molecule has 2 atom stereocenters. The Labute approximate surface area is 96.7 Å². The quantitative estimate of drug-likeness (QED) is 0.849. The van der Waals surface area contributed by atoms with E-state index in [0.29, 0.717) is 12.3 Å². The van der Waals surface area contributed by atoms with Crippen LogP contribution in [0.4, 0.5) is 0 Å². The summed E-state index contributed by atoms with van der Waals surface area (Å²) >= 11 is 0. The van der Waals surface area contributed by atoms with Crippen molar-refractivity contribution in [2.24, 2.45) is 5.41 Å². The van der Waals surface area contributed by atoms with Crippen molar-refractivity contribution >= 4 is 0 Å². The van der Waals surface area contributed by atoms with Gasteiger partial charge in [-0.15, -0.1) is 0 Å². The van der Waals surface area contributed by atoms with Gasteiger partial charge in [0.05, 0.1) is 18.0 Å². The van der Waals surface area contributed by atoms with E-state index >= 15 is 0 Å². The van der Waals surface area contributed by atoms with Gasteiger partial charge in [0, 0.05) is 19.0 Å². The van der Waals surface area contributed by atoms with Crippen LogP contribution in [0.3, 0.4) is 0 Å². The standard InChI is InChI=1S/C12H20N2O2/c1-5-16-11(12(2,3)4)10(15)9-8-13-6-7-14-9/h6-8,10-11,15H,5H2,1-4H3. The van der Waals surface area contributed by atoms with Crippen LogP contribution in [0, 0.1) is 5.41 Å². The third kappa shape index (κ3) is 3.25. The Kier molecular flexibility index (Phi) is 4.38. The van der Waals surface area contributed by atoms with E-state index < -0.39 is 6.10 Å². The Morgan fingerprint density at radius 1 is 1.38 bits per heavy atom. The van der Waals surface area contributed by atoms with Crippen molar-refractivity contribution < 1.29 is 9.84 Å². The molecule has 4 nitrogen and oxygen atoms in total. The van der Waals surface area contributed by atoms with Crippen molar-refractivity contribution in [3.63, 3.8) is 0 Å². The molecule has 1 rings (SSSR count). The smallest absolute Gasteiger partial charge is 0.124 e. The number of hydrogen-bond donors (Lipinski definition) is 1. The molecule has 2 unspecified atom stereocenters. The number of aromatic nitrogens is 2. The summed E-state index contributed by atoms with van der Waals surface area (Å²) in [6.07, 6.45) is 3.71. The molecule has 0 saturated heterocycles. The molecule has 0 fully saturated rings. The maximum absolute atomic E-state index is 10.2. The maximum atomic E-state index is 10.2. The van der Waals surface area contributed by atoms with E-state index in [-0.39, 0.29) is 11.5 Å². The second-order valence-electron chi connectivity index (χ2n) is 4.82. The average molecular weight is 224 g/mol. The minimum atomic E-state index is -0.742. The van der Waals surface area contributed by atoms with Crippen LogP contribution in [0.5, 0.6) is 0 Å². The van der Waals surface area contributed by atoms with Crippen molar-refractivity contribution in [3.8, 4) is 0 Å². The minimum Gasteiger partial charge on any atom is -0.384 e. The monoisotopic (exact) mass is 224 g/mol. The summed E-state index contributed by atoms with van der Waals surface area (Å²) in [4.78, 5) is 8.06. The van der Waals surface area contributed by atoms with Gasteiger partial charge in [-0.1, -0.05) is 20.8 Å². The number of rotatable bonds is 4. The first-order valence-electron chi connectivity index (χ1n) is 5.52. The molecule has 0 aliphatic rings. The van der Waals surface area contributed by atoms with Gasteiger partial charge in [-0.3, -0.25) is 9.97 Å². The van der Waals surface area contributed by atoms with Crippen molar-refractivity contribution in [2.45, 2.75) is 39.9 Å². The molecule has 1 aromatic heterocycles. The molecule has 1 aromatic rings. The second-order valence-corrected chi connectivity index (χ2v) is 4.82. The highest BCUT2D eigenvalue weighted by molar-refractivity contribution is 5.03. The van der Waals surface area contributed by atoms with Crippen LogP contribution in [0.1, 0.15) is 39.5 Å². The van der Waals surface area contributed by atoms with E-state index in [1.54, 1.807) is 18.6 Å². The zero-order valence-electron chi connectivity index (χ0n) is 10.3. The van der Waals surface area contributed by atoms with E-state index in [4.69, 9.17) is 4.74 Å². The summed E-state index contributed by atoms with van der Waals surface area (Å²) in [6, 6.07) is 0. The third-order valence-corrected chi connectivity index (χ3v) is 2.37. The van der Waals surface area contributed by atoms with Crippen molar-refractivity contribution in [1.29, 1.82) is 0 Å². The number of nitrogens with zero attached hydrogens (tertiary/aromatic N) is 2. The Balaban J connectivity index is 2.87. The second kappa shape index (κ2) is 5.37. The van der Waals surface area contributed by atoms with Crippen molar-refractivity contribution in [3.05, 3.63) is 24.3 Å². The third-order valence-electron chi connectivity index (χ3n) is 2.37. The van der Waals surface area contributed by atoms with Gasteiger partial charge in [-0.2, -0.15) is 0 Å². The number of aliphatic hydroxyl groups excluding tert-OH is 1. The molecule has 0 radical (unpaired) electrons. The predicted octanol–water partition coefficient (Wildman–Crippen LogP) is 1.96. The fraction of sp³-hybridized carbons (Fsp3) is 0.667. The van der Waals surface area contributed by atoms with Crippen LogP contribution in [0.25, 0.3) is 0 Å². The zero-order chi connectivity index (χ0) is 12.2. The topological polar surface area (TPSA) is 55.2 Å². The van der Waals surface area contributed by atoms with Crippen LogP contribution < -0.4 is 0 Å². The molecular formula is C12H20N2O2. The first-order chi connectivity index (χ1) is 7.46. The summed E-state index contributed by atoms with van der Waals surface area (Å²) in [7, 11) is 0. The molecule has 0 aromatic carbocycles. The molecule has 0 spiro atoms. The van der Waals surface area contributed by atoms with E-state index in [2.05, 4.69) is 9.97 Å². The summed E-state index contributed by atoms with van der Waals surface area (Å²) < 4.78 is 5.60. The summed E-state index contributed by atoms with van der Waals surface area (Å²) in [5.41, 5.74) is 0.406. The number of hydrogen-bond acceptors (Lipinski definition) is 4. The maximum Gasteiger partial charge on any atom is 0.124 e. The first-order valence-corrected chi connectivity index (χ1v) is 5.52. The normalized spacial score (nSPS) is 15.8.